The molecule has 0 saturated heterocycles. The minimum Gasteiger partial charge on any atom is -0.494 e. The zero-order valence-electron chi connectivity index (χ0n) is 15.6. The van der Waals surface area contributed by atoms with Crippen LogP contribution in [0.25, 0.3) is 0 Å². The second kappa shape index (κ2) is 9.48. The van der Waals surface area contributed by atoms with Crippen molar-refractivity contribution in [3.8, 4) is 5.75 Å². The van der Waals surface area contributed by atoms with Crippen LogP contribution in [0, 0.1) is 0 Å². The van der Waals surface area contributed by atoms with Crippen molar-refractivity contribution >= 4 is 35.3 Å². The number of nitrogens with zero attached hydrogens (tertiary/aromatic N) is 3. The number of benzene rings is 2. The second-order valence-corrected chi connectivity index (χ2v) is 7.87. The predicted octanol–water partition coefficient (Wildman–Crippen LogP) is 4.36. The summed E-state index contributed by atoms with van der Waals surface area (Å²) in [5.74, 6) is 0.892. The van der Waals surface area contributed by atoms with Crippen LogP contribution >= 0.6 is 23.4 Å². The molecule has 0 spiro atoms. The molecule has 4 N–H and O–H groups in total. The average Bonchev–Trinajstić information content (AvgIpc) is 2.67. The Kier molecular flexibility index (Phi) is 6.99. The lowest BCUT2D eigenvalue weighted by atomic mass is 10.1. The maximum Gasteiger partial charge on any atom is 0.446 e. The summed E-state index contributed by atoms with van der Waals surface area (Å²) >= 11 is 5.68. The first-order valence-corrected chi connectivity index (χ1v) is 10.1. The molecule has 0 radical (unpaired) electrons. The lowest BCUT2D eigenvalue weighted by Gasteiger charge is -2.32. The average molecular weight is 458 g/mol. The number of rotatable bonds is 7. The van der Waals surface area contributed by atoms with Crippen molar-refractivity contribution in [1.29, 1.82) is 0 Å². The number of aliphatic imine (C=N–C) groups is 2. The molecule has 0 aromatic heterocycles. The first-order chi connectivity index (χ1) is 14.2. The van der Waals surface area contributed by atoms with E-state index in [1.54, 1.807) is 41.3 Å². The second-order valence-electron chi connectivity index (χ2n) is 6.30. The highest BCUT2D eigenvalue weighted by molar-refractivity contribution is 8.00. The van der Waals surface area contributed by atoms with Gasteiger partial charge in [-0.25, -0.2) is 4.99 Å². The largest absolute Gasteiger partial charge is 0.494 e. The molecule has 3 rings (SSSR count). The summed E-state index contributed by atoms with van der Waals surface area (Å²) in [5.41, 5.74) is 8.07. The van der Waals surface area contributed by atoms with Crippen LogP contribution < -0.4 is 16.2 Å². The summed E-state index contributed by atoms with van der Waals surface area (Å²) in [6.07, 6.45) is 0.0234. The van der Waals surface area contributed by atoms with Crippen molar-refractivity contribution in [2.45, 2.75) is 23.0 Å². The van der Waals surface area contributed by atoms with Crippen LogP contribution in [0.5, 0.6) is 5.75 Å². The van der Waals surface area contributed by atoms with E-state index in [0.29, 0.717) is 35.9 Å². The van der Waals surface area contributed by atoms with Gasteiger partial charge in [0.1, 0.15) is 5.75 Å². The normalized spacial score (nSPS) is 16.8. The molecule has 0 aliphatic carbocycles. The molecular weight excluding hydrogens is 439 g/mol. The minimum atomic E-state index is -4.35. The fraction of sp³-hybridized carbons (Fsp3) is 0.263. The molecule has 0 fully saturated rings. The molecule has 30 heavy (non-hydrogen) atoms. The molecule has 0 bridgehead atoms. The van der Waals surface area contributed by atoms with Gasteiger partial charge in [0.15, 0.2) is 6.17 Å². The Morgan fingerprint density at radius 2 is 1.73 bits per heavy atom. The van der Waals surface area contributed by atoms with Crippen LogP contribution in [0.3, 0.4) is 0 Å². The van der Waals surface area contributed by atoms with Gasteiger partial charge in [0, 0.05) is 16.5 Å². The Balaban J connectivity index is 1.64. The third-order valence-electron chi connectivity index (χ3n) is 4.11. The molecule has 6 nitrogen and oxygen atoms in total. The van der Waals surface area contributed by atoms with E-state index in [1.807, 2.05) is 0 Å². The van der Waals surface area contributed by atoms with Crippen molar-refractivity contribution in [2.24, 2.45) is 21.5 Å². The number of guanidine groups is 2. The molecule has 1 aliphatic heterocycles. The molecule has 11 heteroatoms. The summed E-state index contributed by atoms with van der Waals surface area (Å²) < 4.78 is 43.3. The van der Waals surface area contributed by atoms with E-state index in [1.165, 1.54) is 12.1 Å². The summed E-state index contributed by atoms with van der Waals surface area (Å²) in [4.78, 5) is 10.1. The number of hydrogen-bond acceptors (Lipinski definition) is 7. The highest BCUT2D eigenvalue weighted by atomic mass is 35.5. The molecule has 0 amide bonds. The molecule has 1 atom stereocenters. The van der Waals surface area contributed by atoms with Gasteiger partial charge in [0.2, 0.25) is 11.9 Å². The highest BCUT2D eigenvalue weighted by Gasteiger charge is 2.30. The van der Waals surface area contributed by atoms with Crippen molar-refractivity contribution in [3.63, 3.8) is 0 Å². The Hall–Kier alpha value is -2.59. The summed E-state index contributed by atoms with van der Waals surface area (Å²) in [5, 5.41) is 0.623. The topological polar surface area (TPSA) is 89.2 Å². The first-order valence-electron chi connectivity index (χ1n) is 8.89. The van der Waals surface area contributed by atoms with Gasteiger partial charge in [-0.3, -0.25) is 0 Å². The maximum absolute atomic E-state index is 12.5. The number of alkyl halides is 3. The maximum atomic E-state index is 12.5. The fourth-order valence-electron chi connectivity index (χ4n) is 2.82. The van der Waals surface area contributed by atoms with Crippen LogP contribution in [0.2, 0.25) is 5.02 Å². The number of thioether (sulfide) groups is 1. The van der Waals surface area contributed by atoms with Crippen molar-refractivity contribution in [1.82, 2.24) is 4.90 Å². The van der Waals surface area contributed by atoms with Gasteiger partial charge in [-0.1, -0.05) is 23.7 Å². The molecule has 2 aromatic carbocycles. The quantitative estimate of drug-likeness (QED) is 0.476. The van der Waals surface area contributed by atoms with Gasteiger partial charge >= 0.3 is 5.51 Å². The van der Waals surface area contributed by atoms with Crippen LogP contribution in [0.1, 0.15) is 18.2 Å². The lowest BCUT2D eigenvalue weighted by Crippen LogP contribution is -2.44. The van der Waals surface area contributed by atoms with Crippen LogP contribution in [0.4, 0.5) is 13.2 Å². The molecule has 1 heterocycles. The van der Waals surface area contributed by atoms with Gasteiger partial charge in [0.05, 0.1) is 6.61 Å². The van der Waals surface area contributed by atoms with Crippen LogP contribution in [-0.2, 0) is 0 Å². The first kappa shape index (κ1) is 22.1. The number of ether oxygens (including phenoxy) is 1. The van der Waals surface area contributed by atoms with E-state index in [-0.39, 0.29) is 28.6 Å². The van der Waals surface area contributed by atoms with Crippen molar-refractivity contribution in [3.05, 3.63) is 59.1 Å². The van der Waals surface area contributed by atoms with Gasteiger partial charge in [0.25, 0.3) is 0 Å². The van der Waals surface area contributed by atoms with Gasteiger partial charge in [-0.05, 0) is 60.1 Å². The summed E-state index contributed by atoms with van der Waals surface area (Å²) in [6, 6.07) is 12.9. The zero-order valence-corrected chi connectivity index (χ0v) is 17.2. The van der Waals surface area contributed by atoms with Crippen molar-refractivity contribution in [2.75, 3.05) is 13.2 Å². The zero-order chi connectivity index (χ0) is 21.7. The number of halogens is 4. The molecule has 0 saturated carbocycles. The van der Waals surface area contributed by atoms with Gasteiger partial charge in [-0.2, -0.15) is 18.2 Å². The Morgan fingerprint density at radius 1 is 1.07 bits per heavy atom. The lowest BCUT2D eigenvalue weighted by molar-refractivity contribution is -0.0328. The molecule has 1 aliphatic rings. The van der Waals surface area contributed by atoms with E-state index >= 15 is 0 Å². The third kappa shape index (κ3) is 6.20. The Labute approximate surface area is 180 Å². The Morgan fingerprint density at radius 3 is 2.37 bits per heavy atom. The van der Waals surface area contributed by atoms with Crippen LogP contribution in [-0.4, -0.2) is 35.5 Å². The summed E-state index contributed by atoms with van der Waals surface area (Å²) in [7, 11) is 0. The Bertz CT molecular complexity index is 919. The number of hydrogen-bond donors (Lipinski definition) is 2. The third-order valence-corrected chi connectivity index (χ3v) is 5.10. The SMILES string of the molecule is NC1=NC(c2ccc(SC(F)(F)F)cc2)N(CCCOc2ccc(Cl)cc2)C(N)=N1. The smallest absolute Gasteiger partial charge is 0.446 e. The molecule has 160 valence electrons. The van der Waals surface area contributed by atoms with E-state index in [2.05, 4.69) is 9.98 Å². The standard InChI is InChI=1S/C19H19ClF3N5OS/c20-13-4-6-14(7-5-13)29-11-1-10-28-16(26-17(24)27-18(28)25)12-2-8-15(9-3-12)30-19(21,22)23/h2-9,16H,1,10-11H2,(H4,24,25,26,27). The molecule has 1 unspecified atom stereocenters. The van der Waals surface area contributed by atoms with Gasteiger partial charge < -0.3 is 21.1 Å². The fourth-order valence-corrected chi connectivity index (χ4v) is 3.48. The highest BCUT2D eigenvalue weighted by Crippen LogP contribution is 2.37. The minimum absolute atomic E-state index is 0.0138. The predicted molar refractivity (Wildman–Crippen MR) is 113 cm³/mol. The van der Waals surface area contributed by atoms with E-state index < -0.39 is 11.7 Å². The van der Waals surface area contributed by atoms with E-state index in [0.717, 1.165) is 0 Å². The van der Waals surface area contributed by atoms with E-state index in [4.69, 9.17) is 27.8 Å². The van der Waals surface area contributed by atoms with Crippen molar-refractivity contribution < 1.29 is 17.9 Å². The van der Waals surface area contributed by atoms with E-state index in [9.17, 15) is 13.2 Å². The summed E-state index contributed by atoms with van der Waals surface area (Å²) in [6.45, 7) is 0.877. The molecule has 2 aromatic rings. The number of nitrogens with two attached hydrogens (primary N) is 2. The monoisotopic (exact) mass is 457 g/mol. The molecular formula is C19H19ClF3N5OS. The van der Waals surface area contributed by atoms with Gasteiger partial charge in [-0.15, -0.1) is 0 Å². The van der Waals surface area contributed by atoms with Crippen LogP contribution in [0.15, 0.2) is 63.4 Å².